The number of imide groups is 1. The Bertz CT molecular complexity index is 1570. The number of anilines is 3. The van der Waals surface area contributed by atoms with Crippen LogP contribution in [0.15, 0.2) is 90.1 Å². The molecule has 1 aliphatic rings. The van der Waals surface area contributed by atoms with E-state index in [1.165, 1.54) is 30.3 Å². The lowest BCUT2D eigenvalue weighted by Gasteiger charge is -2.15. The molecule has 1 unspecified atom stereocenters. The van der Waals surface area contributed by atoms with Gasteiger partial charge in [0.15, 0.2) is 17.5 Å². The Hall–Kier alpha value is -5.03. The number of hydrogen-bond acceptors (Lipinski definition) is 10. The van der Waals surface area contributed by atoms with Crippen LogP contribution in [0.3, 0.4) is 0 Å². The fourth-order valence-electron chi connectivity index (χ4n) is 4.13. The fraction of sp³-hybridized carbons (Fsp3) is 0.103. The van der Waals surface area contributed by atoms with Gasteiger partial charge >= 0.3 is 5.97 Å². The minimum Gasteiger partial charge on any atom is -0.454 e. The van der Waals surface area contributed by atoms with Crippen molar-refractivity contribution in [2.24, 2.45) is 0 Å². The summed E-state index contributed by atoms with van der Waals surface area (Å²) in [6, 6.07) is 24.0. The lowest BCUT2D eigenvalue weighted by molar-refractivity contribution is -0.121. The molecule has 3 aromatic carbocycles. The van der Waals surface area contributed by atoms with Crippen molar-refractivity contribution in [1.82, 2.24) is 9.97 Å². The van der Waals surface area contributed by atoms with Gasteiger partial charge in [-0.25, -0.2) is 19.7 Å². The summed E-state index contributed by atoms with van der Waals surface area (Å²) < 4.78 is 5.20. The second-order valence-corrected chi connectivity index (χ2v) is 10.0. The van der Waals surface area contributed by atoms with E-state index in [-0.39, 0.29) is 34.6 Å². The van der Waals surface area contributed by atoms with Crippen LogP contribution in [0.2, 0.25) is 0 Å². The van der Waals surface area contributed by atoms with Crippen LogP contribution in [-0.4, -0.2) is 45.4 Å². The largest absolute Gasteiger partial charge is 0.454 e. The Kier molecular flexibility index (Phi) is 7.56. The number of nitrogens with zero attached hydrogens (tertiary/aromatic N) is 3. The number of aromatic nitrogens is 2. The van der Waals surface area contributed by atoms with Crippen molar-refractivity contribution in [1.29, 1.82) is 0 Å². The zero-order chi connectivity index (χ0) is 28.2. The maximum Gasteiger partial charge on any atom is 0.338 e. The van der Waals surface area contributed by atoms with Crippen LogP contribution in [0.4, 0.5) is 17.3 Å². The molecule has 200 valence electrons. The van der Waals surface area contributed by atoms with Gasteiger partial charge in [-0.05, 0) is 35.4 Å². The summed E-state index contributed by atoms with van der Waals surface area (Å²) >= 11 is 1.00. The Morgan fingerprint density at radius 1 is 0.850 bits per heavy atom. The predicted octanol–water partition coefficient (Wildman–Crippen LogP) is 3.77. The van der Waals surface area contributed by atoms with Gasteiger partial charge in [0.05, 0.1) is 11.3 Å². The summed E-state index contributed by atoms with van der Waals surface area (Å²) in [4.78, 5) is 59.8. The number of Topliss-reactive ketones (excluding diaryl/α,β-unsaturated/α-hetero) is 1. The predicted molar refractivity (Wildman–Crippen MR) is 151 cm³/mol. The number of nitrogens with two attached hydrogens (primary N) is 2. The molecule has 4 N–H and O–H groups in total. The van der Waals surface area contributed by atoms with Gasteiger partial charge < -0.3 is 16.2 Å². The third kappa shape index (κ3) is 5.84. The van der Waals surface area contributed by atoms with Crippen molar-refractivity contribution in [3.05, 3.63) is 96.1 Å². The lowest BCUT2D eigenvalue weighted by atomic mass is 10.0. The number of carbonyl (C=O) groups is 4. The van der Waals surface area contributed by atoms with E-state index in [1.807, 2.05) is 42.5 Å². The van der Waals surface area contributed by atoms with Gasteiger partial charge in [0.1, 0.15) is 16.9 Å². The van der Waals surface area contributed by atoms with Crippen LogP contribution >= 0.6 is 11.8 Å². The summed E-state index contributed by atoms with van der Waals surface area (Å²) in [5.41, 5.74) is 14.3. The number of rotatable bonds is 8. The van der Waals surface area contributed by atoms with Crippen LogP contribution in [0, 0.1) is 0 Å². The van der Waals surface area contributed by atoms with E-state index in [2.05, 4.69) is 9.97 Å². The second kappa shape index (κ2) is 11.4. The van der Waals surface area contributed by atoms with E-state index in [1.54, 1.807) is 12.1 Å². The second-order valence-electron chi connectivity index (χ2n) is 8.87. The lowest BCUT2D eigenvalue weighted by Crippen LogP contribution is -2.31. The van der Waals surface area contributed by atoms with Gasteiger partial charge in [-0.1, -0.05) is 66.4 Å². The zero-order valence-corrected chi connectivity index (χ0v) is 21.8. The minimum atomic E-state index is -0.744. The van der Waals surface area contributed by atoms with Gasteiger partial charge in [-0.2, -0.15) is 0 Å². The summed E-state index contributed by atoms with van der Waals surface area (Å²) in [6.07, 6.45) is -0.0558. The van der Waals surface area contributed by atoms with Crippen molar-refractivity contribution in [2.45, 2.75) is 16.8 Å². The fourth-order valence-corrected chi connectivity index (χ4v) is 5.14. The average Bonchev–Trinajstić information content (AvgIpc) is 3.23. The third-order valence-electron chi connectivity index (χ3n) is 6.11. The number of nitrogen functional groups attached to an aromatic ring is 2. The smallest absolute Gasteiger partial charge is 0.338 e. The van der Waals surface area contributed by atoms with Crippen molar-refractivity contribution in [3.8, 4) is 11.1 Å². The number of benzene rings is 3. The van der Waals surface area contributed by atoms with Crippen LogP contribution in [0.25, 0.3) is 11.1 Å². The molecule has 4 aromatic rings. The minimum absolute atomic E-state index is 0.0558. The molecule has 0 bridgehead atoms. The standard InChI is InChI=1S/C29H23N5O5S/c30-24-15-25(31)33-29(32-24)40-23-14-26(36)34(27(23)37)21-12-10-20(11-13-21)28(38)39-16-22(35)19-8-6-18(7-9-19)17-4-2-1-3-5-17/h1-13,15,23H,14,16H2,(H4,30,31,32,33). The zero-order valence-electron chi connectivity index (χ0n) is 21.0. The molecule has 1 saturated heterocycles. The summed E-state index contributed by atoms with van der Waals surface area (Å²) in [5.74, 6) is -1.57. The Morgan fingerprint density at radius 2 is 1.45 bits per heavy atom. The normalized spacial score (nSPS) is 14.8. The first kappa shape index (κ1) is 26.6. The van der Waals surface area contributed by atoms with Crippen LogP contribution in [0.1, 0.15) is 27.1 Å². The van der Waals surface area contributed by atoms with E-state index in [0.717, 1.165) is 27.8 Å². The molecule has 0 radical (unpaired) electrons. The molecule has 11 heteroatoms. The quantitative estimate of drug-likeness (QED) is 0.142. The van der Waals surface area contributed by atoms with Crippen molar-refractivity contribution >= 4 is 52.7 Å². The van der Waals surface area contributed by atoms with E-state index in [0.29, 0.717) is 11.3 Å². The Morgan fingerprint density at radius 3 is 2.10 bits per heavy atom. The Balaban J connectivity index is 1.18. The molecule has 1 fully saturated rings. The molecular weight excluding hydrogens is 530 g/mol. The average molecular weight is 554 g/mol. The van der Waals surface area contributed by atoms with Gasteiger partial charge in [0.25, 0.3) is 0 Å². The Labute approximate surface area is 233 Å². The van der Waals surface area contributed by atoms with E-state index < -0.39 is 29.6 Å². The van der Waals surface area contributed by atoms with E-state index >= 15 is 0 Å². The highest BCUT2D eigenvalue weighted by Gasteiger charge is 2.40. The van der Waals surface area contributed by atoms with Crippen LogP contribution in [-0.2, 0) is 14.3 Å². The summed E-state index contributed by atoms with van der Waals surface area (Å²) in [7, 11) is 0. The van der Waals surface area contributed by atoms with Crippen molar-refractivity contribution in [3.63, 3.8) is 0 Å². The molecule has 2 heterocycles. The maximum atomic E-state index is 13.0. The van der Waals surface area contributed by atoms with E-state index in [4.69, 9.17) is 16.2 Å². The van der Waals surface area contributed by atoms with Gasteiger partial charge in [0, 0.05) is 18.1 Å². The molecule has 40 heavy (non-hydrogen) atoms. The molecule has 1 atom stereocenters. The summed E-state index contributed by atoms with van der Waals surface area (Å²) in [5, 5.41) is -0.545. The molecule has 1 aliphatic heterocycles. The number of amides is 2. The topological polar surface area (TPSA) is 159 Å². The summed E-state index contributed by atoms with van der Waals surface area (Å²) in [6.45, 7) is -0.427. The molecule has 0 aliphatic carbocycles. The van der Waals surface area contributed by atoms with Gasteiger partial charge in [0.2, 0.25) is 11.8 Å². The molecule has 1 aromatic heterocycles. The highest BCUT2D eigenvalue weighted by molar-refractivity contribution is 8.00. The SMILES string of the molecule is Nc1cc(N)nc(SC2CC(=O)N(c3ccc(C(=O)OCC(=O)c4ccc(-c5ccccc5)cc4)cc3)C2=O)n1. The monoisotopic (exact) mass is 553 g/mol. The number of carbonyl (C=O) groups excluding carboxylic acids is 4. The molecule has 10 nitrogen and oxygen atoms in total. The van der Waals surface area contributed by atoms with Crippen molar-refractivity contribution < 1.29 is 23.9 Å². The van der Waals surface area contributed by atoms with Gasteiger partial charge in [-0.3, -0.25) is 14.4 Å². The highest BCUT2D eigenvalue weighted by atomic mass is 32.2. The maximum absolute atomic E-state index is 13.0. The first-order valence-corrected chi connectivity index (χ1v) is 13.1. The molecule has 2 amide bonds. The number of ether oxygens (including phenoxy) is 1. The van der Waals surface area contributed by atoms with Crippen LogP contribution in [0.5, 0.6) is 0 Å². The van der Waals surface area contributed by atoms with Gasteiger partial charge in [-0.15, -0.1) is 0 Å². The molecule has 5 rings (SSSR count). The van der Waals surface area contributed by atoms with Crippen molar-refractivity contribution in [2.75, 3.05) is 23.0 Å². The highest BCUT2D eigenvalue weighted by Crippen LogP contribution is 2.33. The molecule has 0 spiro atoms. The first-order chi connectivity index (χ1) is 19.3. The number of thioether (sulfide) groups is 1. The first-order valence-electron chi connectivity index (χ1n) is 12.2. The third-order valence-corrected chi connectivity index (χ3v) is 7.15. The molecule has 0 saturated carbocycles. The number of hydrogen-bond donors (Lipinski definition) is 2. The molecular formula is C29H23N5O5S. The number of ketones is 1. The number of esters is 1. The van der Waals surface area contributed by atoms with E-state index in [9.17, 15) is 19.2 Å². The van der Waals surface area contributed by atoms with Crippen LogP contribution < -0.4 is 16.4 Å².